The Morgan fingerprint density at radius 2 is 1.63 bits per heavy atom. The molecule has 0 aliphatic carbocycles. The largest absolute Gasteiger partial charge is 0.484 e. The maximum atomic E-state index is 13.2. The summed E-state index contributed by atoms with van der Waals surface area (Å²) in [4.78, 5) is 27.7. The minimum absolute atomic E-state index is 0.0287. The van der Waals surface area contributed by atoms with Crippen LogP contribution in [0.2, 0.25) is 0 Å². The first-order valence-corrected chi connectivity index (χ1v) is 13.9. The Balaban J connectivity index is 1.41. The lowest BCUT2D eigenvalue weighted by Gasteiger charge is -2.34. The van der Waals surface area contributed by atoms with Crippen LogP contribution in [0.15, 0.2) is 83.8 Å². The van der Waals surface area contributed by atoms with Gasteiger partial charge in [0.05, 0.1) is 17.1 Å². The number of nitrogens with zero attached hydrogens (tertiary/aromatic N) is 2. The summed E-state index contributed by atoms with van der Waals surface area (Å²) in [5.41, 5.74) is 1.50. The molecule has 3 aromatic carbocycles. The van der Waals surface area contributed by atoms with Crippen LogP contribution in [0.25, 0.3) is 0 Å². The van der Waals surface area contributed by atoms with Gasteiger partial charge < -0.3 is 19.7 Å². The van der Waals surface area contributed by atoms with Crippen LogP contribution in [-0.2, 0) is 26.2 Å². The van der Waals surface area contributed by atoms with E-state index in [2.05, 4.69) is 5.32 Å². The Labute approximate surface area is 223 Å². The maximum absolute atomic E-state index is 13.2. The molecule has 0 aromatic heterocycles. The lowest BCUT2D eigenvalue weighted by molar-refractivity contribution is -0.128. The molecule has 1 atom stereocenters. The molecule has 1 N–H and O–H groups in total. The van der Waals surface area contributed by atoms with Gasteiger partial charge in [-0.05, 0) is 42.0 Å². The highest BCUT2D eigenvalue weighted by Gasteiger charge is 2.34. The number of carbonyl (C=O) groups excluding carboxylic acids is 2. The molecular formula is C28H31N3O6S. The van der Waals surface area contributed by atoms with Crippen LogP contribution in [0.1, 0.15) is 19.4 Å². The molecule has 1 unspecified atom stereocenters. The predicted molar refractivity (Wildman–Crippen MR) is 144 cm³/mol. The molecule has 38 heavy (non-hydrogen) atoms. The second-order valence-electron chi connectivity index (χ2n) is 8.63. The number of rotatable bonds is 10. The van der Waals surface area contributed by atoms with Crippen LogP contribution in [-0.4, -0.2) is 56.9 Å². The first-order chi connectivity index (χ1) is 18.3. The Hall–Kier alpha value is -3.89. The van der Waals surface area contributed by atoms with E-state index in [1.165, 1.54) is 33.5 Å². The third kappa shape index (κ3) is 6.15. The summed E-state index contributed by atoms with van der Waals surface area (Å²) >= 11 is 0. The number of ether oxygens (including phenoxy) is 2. The molecule has 0 saturated heterocycles. The highest BCUT2D eigenvalue weighted by molar-refractivity contribution is 7.89. The summed E-state index contributed by atoms with van der Waals surface area (Å²) in [6.07, 6.45) is -0.887. The van der Waals surface area contributed by atoms with E-state index in [1.807, 2.05) is 30.3 Å². The Bertz CT molecular complexity index is 1360. The summed E-state index contributed by atoms with van der Waals surface area (Å²) in [6, 6.07) is 22.5. The van der Waals surface area contributed by atoms with E-state index < -0.39 is 16.1 Å². The van der Waals surface area contributed by atoms with Crippen LogP contribution in [0, 0.1) is 0 Å². The van der Waals surface area contributed by atoms with Gasteiger partial charge in [-0.25, -0.2) is 8.42 Å². The number of sulfonamides is 1. The molecule has 10 heteroatoms. The van der Waals surface area contributed by atoms with E-state index in [4.69, 9.17) is 9.47 Å². The van der Waals surface area contributed by atoms with Crippen molar-refractivity contribution in [2.45, 2.75) is 31.4 Å². The number of fused-ring (bicyclic) bond motifs is 1. The lowest BCUT2D eigenvalue weighted by atomic mass is 10.1. The number of nitrogens with one attached hydrogen (secondary N) is 1. The number of hydrogen-bond acceptors (Lipinski definition) is 6. The quantitative estimate of drug-likeness (QED) is 0.426. The molecule has 3 aromatic rings. The fourth-order valence-corrected chi connectivity index (χ4v) is 5.61. The molecule has 2 amide bonds. The minimum Gasteiger partial charge on any atom is -0.484 e. The number of carbonyl (C=O) groups is 2. The second kappa shape index (κ2) is 12.1. The summed E-state index contributed by atoms with van der Waals surface area (Å²) < 4.78 is 38.3. The van der Waals surface area contributed by atoms with Crippen molar-refractivity contribution in [2.24, 2.45) is 0 Å². The Morgan fingerprint density at radius 3 is 2.32 bits per heavy atom. The zero-order valence-electron chi connectivity index (χ0n) is 21.4. The van der Waals surface area contributed by atoms with Crippen molar-refractivity contribution in [1.82, 2.24) is 9.62 Å². The SMILES string of the molecule is CCN(CC)S(=O)(=O)c1ccc(OCC(=O)N2CC(C(=O)NCc3ccccc3)Oc3ccccc32)cc1. The highest BCUT2D eigenvalue weighted by Crippen LogP contribution is 2.33. The first-order valence-electron chi connectivity index (χ1n) is 12.4. The molecule has 0 spiro atoms. The number of anilines is 1. The first kappa shape index (κ1) is 27.2. The van der Waals surface area contributed by atoms with Crippen molar-refractivity contribution in [2.75, 3.05) is 31.1 Å². The van der Waals surface area contributed by atoms with Crippen LogP contribution in [0.4, 0.5) is 5.69 Å². The number of hydrogen-bond donors (Lipinski definition) is 1. The topological polar surface area (TPSA) is 105 Å². The zero-order valence-corrected chi connectivity index (χ0v) is 22.2. The molecule has 0 bridgehead atoms. The molecular weight excluding hydrogens is 506 g/mol. The van der Waals surface area contributed by atoms with Crippen molar-refractivity contribution in [3.05, 3.63) is 84.4 Å². The van der Waals surface area contributed by atoms with Gasteiger partial charge in [-0.2, -0.15) is 4.31 Å². The molecule has 200 valence electrons. The molecule has 1 aliphatic heterocycles. The van der Waals surface area contributed by atoms with Gasteiger partial charge in [0.15, 0.2) is 12.7 Å². The monoisotopic (exact) mass is 537 g/mol. The highest BCUT2D eigenvalue weighted by atomic mass is 32.2. The lowest BCUT2D eigenvalue weighted by Crippen LogP contribution is -2.51. The smallest absolute Gasteiger partial charge is 0.265 e. The number of para-hydroxylation sites is 2. The maximum Gasteiger partial charge on any atom is 0.265 e. The molecule has 9 nitrogen and oxygen atoms in total. The predicted octanol–water partition coefficient (Wildman–Crippen LogP) is 3.21. The van der Waals surface area contributed by atoms with Crippen LogP contribution in [0.5, 0.6) is 11.5 Å². The summed E-state index contributed by atoms with van der Waals surface area (Å²) in [6.45, 7) is 4.39. The van der Waals surface area contributed by atoms with Crippen molar-refractivity contribution in [1.29, 1.82) is 0 Å². The van der Waals surface area contributed by atoms with Gasteiger partial charge in [-0.1, -0.05) is 56.3 Å². The van der Waals surface area contributed by atoms with Crippen molar-refractivity contribution in [3.8, 4) is 11.5 Å². The molecule has 1 heterocycles. The Morgan fingerprint density at radius 1 is 0.974 bits per heavy atom. The molecule has 1 aliphatic rings. The summed E-state index contributed by atoms with van der Waals surface area (Å²) in [5, 5.41) is 2.86. The second-order valence-corrected chi connectivity index (χ2v) is 10.6. The van der Waals surface area contributed by atoms with Crippen LogP contribution < -0.4 is 19.7 Å². The van der Waals surface area contributed by atoms with Gasteiger partial charge in [-0.15, -0.1) is 0 Å². The Kier molecular flexibility index (Phi) is 8.65. The van der Waals surface area contributed by atoms with E-state index in [1.54, 1.807) is 38.1 Å². The third-order valence-corrected chi connectivity index (χ3v) is 8.27. The van der Waals surface area contributed by atoms with Crippen molar-refractivity contribution < 1.29 is 27.5 Å². The minimum atomic E-state index is -3.59. The zero-order chi connectivity index (χ0) is 27.1. The van der Waals surface area contributed by atoms with Gasteiger partial charge in [0, 0.05) is 19.6 Å². The molecule has 4 rings (SSSR count). The van der Waals surface area contributed by atoms with Crippen LogP contribution >= 0.6 is 0 Å². The standard InChI is InChI=1S/C28H31N3O6S/c1-3-30(4-2)38(34,35)23-16-14-22(15-17-23)36-20-27(32)31-19-26(37-25-13-9-8-12-24(25)31)28(33)29-18-21-10-6-5-7-11-21/h5-17,26H,3-4,18-20H2,1-2H3,(H,29,33). The van der Waals surface area contributed by atoms with Gasteiger partial charge in [0.2, 0.25) is 10.0 Å². The van der Waals surface area contributed by atoms with Gasteiger partial charge in [-0.3, -0.25) is 9.59 Å². The summed E-state index contributed by atoms with van der Waals surface area (Å²) in [7, 11) is -3.59. The van der Waals surface area contributed by atoms with E-state index in [-0.39, 0.29) is 29.9 Å². The van der Waals surface area contributed by atoms with Crippen molar-refractivity contribution in [3.63, 3.8) is 0 Å². The normalized spacial score (nSPS) is 14.9. The fourth-order valence-electron chi connectivity index (χ4n) is 4.15. The molecule has 0 fully saturated rings. The van der Waals surface area contributed by atoms with Gasteiger partial charge in [0.25, 0.3) is 11.8 Å². The average molecular weight is 538 g/mol. The van der Waals surface area contributed by atoms with E-state index >= 15 is 0 Å². The van der Waals surface area contributed by atoms with Crippen molar-refractivity contribution >= 4 is 27.5 Å². The van der Waals surface area contributed by atoms with Crippen LogP contribution in [0.3, 0.4) is 0 Å². The summed E-state index contributed by atoms with van der Waals surface area (Å²) in [5.74, 6) is 0.0991. The van der Waals surface area contributed by atoms with E-state index in [0.29, 0.717) is 36.8 Å². The number of amides is 2. The average Bonchev–Trinajstić information content (AvgIpc) is 2.95. The van der Waals surface area contributed by atoms with E-state index in [0.717, 1.165) is 5.56 Å². The number of benzene rings is 3. The third-order valence-electron chi connectivity index (χ3n) is 6.21. The molecule has 0 saturated carbocycles. The molecule has 0 radical (unpaired) electrons. The fraction of sp³-hybridized carbons (Fsp3) is 0.286. The van der Waals surface area contributed by atoms with Gasteiger partial charge >= 0.3 is 0 Å². The van der Waals surface area contributed by atoms with E-state index in [9.17, 15) is 18.0 Å². The van der Waals surface area contributed by atoms with Gasteiger partial charge in [0.1, 0.15) is 11.5 Å².